The first-order valence-electron chi connectivity index (χ1n) is 8.72. The van der Waals surface area contributed by atoms with Crippen LogP contribution in [0.3, 0.4) is 0 Å². The highest BCUT2D eigenvalue weighted by molar-refractivity contribution is 6.33. The first-order valence-corrected chi connectivity index (χ1v) is 9.10. The number of aromatic nitrogens is 1. The van der Waals surface area contributed by atoms with E-state index in [0.717, 1.165) is 33.7 Å². The van der Waals surface area contributed by atoms with Crippen molar-refractivity contribution in [3.8, 4) is 22.4 Å². The van der Waals surface area contributed by atoms with E-state index < -0.39 is 0 Å². The molecule has 2 heteroatoms. The van der Waals surface area contributed by atoms with E-state index in [1.165, 1.54) is 5.57 Å². The summed E-state index contributed by atoms with van der Waals surface area (Å²) < 4.78 is 0. The summed E-state index contributed by atoms with van der Waals surface area (Å²) in [6.07, 6.45) is 4.26. The maximum Gasteiger partial charge on any atom is 0.0730 e. The molecular formula is C24H22ClN. The van der Waals surface area contributed by atoms with E-state index in [9.17, 15) is 0 Å². The molecule has 0 atom stereocenters. The lowest BCUT2D eigenvalue weighted by Crippen LogP contribution is -1.94. The summed E-state index contributed by atoms with van der Waals surface area (Å²) in [4.78, 5) is 4.92. The van der Waals surface area contributed by atoms with Gasteiger partial charge >= 0.3 is 0 Å². The van der Waals surface area contributed by atoms with Crippen molar-refractivity contribution < 1.29 is 0 Å². The molecule has 1 aromatic heterocycles. The fraction of sp³-hybridized carbons (Fsp3) is 0.125. The third-order valence-electron chi connectivity index (χ3n) is 4.13. The predicted octanol–water partition coefficient (Wildman–Crippen LogP) is 7.44. The van der Waals surface area contributed by atoms with Gasteiger partial charge in [0.1, 0.15) is 0 Å². The van der Waals surface area contributed by atoms with Gasteiger partial charge in [0.25, 0.3) is 0 Å². The van der Waals surface area contributed by atoms with E-state index in [-0.39, 0.29) is 0 Å². The second-order valence-corrected chi connectivity index (χ2v) is 6.85. The lowest BCUT2D eigenvalue weighted by molar-refractivity contribution is 1.27. The van der Waals surface area contributed by atoms with Crippen LogP contribution in [0.1, 0.15) is 26.5 Å². The molecule has 1 nitrogen and oxygen atoms in total. The molecule has 0 unspecified atom stereocenters. The van der Waals surface area contributed by atoms with Gasteiger partial charge in [-0.1, -0.05) is 77.9 Å². The minimum Gasteiger partial charge on any atom is -0.248 e. The van der Waals surface area contributed by atoms with Gasteiger partial charge in [-0.3, -0.25) is 0 Å². The summed E-state index contributed by atoms with van der Waals surface area (Å²) in [6.45, 7) is 6.24. The van der Waals surface area contributed by atoms with E-state index in [4.69, 9.17) is 16.6 Å². The molecule has 0 fully saturated rings. The standard InChI is InChI=1S/C24H22ClN/c1-4-18(14-17(2)3)23-15-20(19-10-6-5-7-11-19)16-24(26-23)21-12-8-9-13-22(21)25/h4-16H,1-3H3/b18-4+. The molecule has 0 aliphatic heterocycles. The van der Waals surface area contributed by atoms with E-state index in [2.05, 4.69) is 62.4 Å². The molecule has 0 saturated carbocycles. The Kier molecular flexibility index (Phi) is 5.70. The molecule has 2 aromatic carbocycles. The second kappa shape index (κ2) is 8.16. The fourth-order valence-corrected chi connectivity index (χ4v) is 3.13. The normalized spacial score (nSPS) is 11.3. The second-order valence-electron chi connectivity index (χ2n) is 6.44. The van der Waals surface area contributed by atoms with Gasteiger partial charge in [-0.25, -0.2) is 4.98 Å². The number of benzene rings is 2. The molecule has 26 heavy (non-hydrogen) atoms. The summed E-state index contributed by atoms with van der Waals surface area (Å²) in [7, 11) is 0. The molecule has 0 saturated heterocycles. The summed E-state index contributed by atoms with van der Waals surface area (Å²) in [5.74, 6) is 0. The summed E-state index contributed by atoms with van der Waals surface area (Å²) in [5.41, 5.74) is 7.42. The molecule has 130 valence electrons. The Bertz CT molecular complexity index is 965. The van der Waals surface area contributed by atoms with Crippen LogP contribution in [0.5, 0.6) is 0 Å². The molecular weight excluding hydrogens is 338 g/mol. The predicted molar refractivity (Wildman–Crippen MR) is 113 cm³/mol. The number of allylic oxidation sites excluding steroid dienone is 4. The Labute approximate surface area is 160 Å². The highest BCUT2D eigenvalue weighted by Gasteiger charge is 2.11. The van der Waals surface area contributed by atoms with E-state index in [1.807, 2.05) is 37.3 Å². The van der Waals surface area contributed by atoms with Crippen LogP contribution in [-0.2, 0) is 0 Å². The Morgan fingerprint density at radius 3 is 2.23 bits per heavy atom. The van der Waals surface area contributed by atoms with Crippen LogP contribution < -0.4 is 0 Å². The van der Waals surface area contributed by atoms with Crippen LogP contribution in [0.15, 0.2) is 84.5 Å². The Hall–Kier alpha value is -2.64. The monoisotopic (exact) mass is 359 g/mol. The molecule has 1 heterocycles. The minimum atomic E-state index is 0.709. The highest BCUT2D eigenvalue weighted by atomic mass is 35.5. The van der Waals surface area contributed by atoms with Gasteiger partial charge in [0, 0.05) is 10.6 Å². The molecule has 0 N–H and O–H groups in total. The van der Waals surface area contributed by atoms with Gasteiger partial charge in [0.15, 0.2) is 0 Å². The molecule has 0 aliphatic carbocycles. The largest absolute Gasteiger partial charge is 0.248 e. The molecule has 3 aromatic rings. The lowest BCUT2D eigenvalue weighted by atomic mass is 9.99. The molecule has 0 amide bonds. The Morgan fingerprint density at radius 1 is 0.885 bits per heavy atom. The average Bonchev–Trinajstić information content (AvgIpc) is 2.66. The number of hydrogen-bond acceptors (Lipinski definition) is 1. The first kappa shape index (κ1) is 18.2. The fourth-order valence-electron chi connectivity index (χ4n) is 2.90. The van der Waals surface area contributed by atoms with Crippen LogP contribution in [0.2, 0.25) is 5.02 Å². The average molecular weight is 360 g/mol. The highest BCUT2D eigenvalue weighted by Crippen LogP contribution is 2.32. The van der Waals surface area contributed by atoms with Crippen molar-refractivity contribution in [3.63, 3.8) is 0 Å². The van der Waals surface area contributed by atoms with Crippen molar-refractivity contribution >= 4 is 17.2 Å². The third kappa shape index (κ3) is 4.12. The van der Waals surface area contributed by atoms with Gasteiger partial charge in [0.05, 0.1) is 11.4 Å². The summed E-state index contributed by atoms with van der Waals surface area (Å²) in [6, 6.07) is 22.5. The smallest absolute Gasteiger partial charge is 0.0730 e. The van der Waals surface area contributed by atoms with Crippen LogP contribution in [0.25, 0.3) is 28.0 Å². The Balaban J connectivity index is 2.24. The van der Waals surface area contributed by atoms with E-state index in [0.29, 0.717) is 5.02 Å². The quantitative estimate of drug-likeness (QED) is 0.441. The maximum atomic E-state index is 6.44. The van der Waals surface area contributed by atoms with Crippen molar-refractivity contribution in [1.29, 1.82) is 0 Å². The van der Waals surface area contributed by atoms with Crippen molar-refractivity contribution in [1.82, 2.24) is 4.98 Å². The van der Waals surface area contributed by atoms with E-state index in [1.54, 1.807) is 0 Å². The van der Waals surface area contributed by atoms with Crippen molar-refractivity contribution in [2.24, 2.45) is 0 Å². The molecule has 0 spiro atoms. The van der Waals surface area contributed by atoms with Gasteiger partial charge in [-0.05, 0) is 55.7 Å². The van der Waals surface area contributed by atoms with Crippen molar-refractivity contribution in [2.75, 3.05) is 0 Å². The van der Waals surface area contributed by atoms with Crippen molar-refractivity contribution in [2.45, 2.75) is 20.8 Å². The SMILES string of the molecule is C/C=C(\C=C(C)C)c1cc(-c2ccccc2)cc(-c2ccccc2Cl)n1. The molecule has 0 bridgehead atoms. The molecule has 3 rings (SSSR count). The van der Waals surface area contributed by atoms with Gasteiger partial charge in [0.2, 0.25) is 0 Å². The minimum absolute atomic E-state index is 0.709. The van der Waals surface area contributed by atoms with E-state index >= 15 is 0 Å². The zero-order valence-corrected chi connectivity index (χ0v) is 16.1. The lowest BCUT2D eigenvalue weighted by Gasteiger charge is -2.12. The Morgan fingerprint density at radius 2 is 1.58 bits per heavy atom. The van der Waals surface area contributed by atoms with Crippen molar-refractivity contribution in [3.05, 3.63) is 95.2 Å². The summed E-state index contributed by atoms with van der Waals surface area (Å²) >= 11 is 6.44. The number of rotatable bonds is 4. The number of hydrogen-bond donors (Lipinski definition) is 0. The number of pyridine rings is 1. The number of nitrogens with zero attached hydrogens (tertiary/aromatic N) is 1. The van der Waals surface area contributed by atoms with Crippen LogP contribution in [0.4, 0.5) is 0 Å². The first-order chi connectivity index (χ1) is 12.6. The van der Waals surface area contributed by atoms with Gasteiger partial charge in [-0.15, -0.1) is 0 Å². The zero-order chi connectivity index (χ0) is 18.5. The summed E-state index contributed by atoms with van der Waals surface area (Å²) in [5, 5.41) is 0.709. The van der Waals surface area contributed by atoms with Gasteiger partial charge in [-0.2, -0.15) is 0 Å². The topological polar surface area (TPSA) is 12.9 Å². The van der Waals surface area contributed by atoms with Crippen LogP contribution in [0, 0.1) is 0 Å². The zero-order valence-electron chi connectivity index (χ0n) is 15.3. The van der Waals surface area contributed by atoms with Crippen LogP contribution >= 0.6 is 11.6 Å². The molecule has 0 radical (unpaired) electrons. The van der Waals surface area contributed by atoms with Crippen LogP contribution in [-0.4, -0.2) is 4.98 Å². The number of halogens is 1. The third-order valence-corrected chi connectivity index (χ3v) is 4.46. The maximum absolute atomic E-state index is 6.44. The van der Waals surface area contributed by atoms with Gasteiger partial charge < -0.3 is 0 Å². The molecule has 0 aliphatic rings.